The molecule has 0 aromatic heterocycles. The average Bonchev–Trinajstić information content (AvgIpc) is 3.28. The Morgan fingerprint density at radius 2 is 1.87 bits per heavy atom. The normalized spacial score (nSPS) is 21.5. The van der Waals surface area contributed by atoms with Crippen LogP contribution >= 0.6 is 0 Å². The second-order valence-corrected chi connectivity index (χ2v) is 12.3. The van der Waals surface area contributed by atoms with Crippen LogP contribution in [0.5, 0.6) is 0 Å². The summed E-state index contributed by atoms with van der Waals surface area (Å²) >= 11 is 0. The molecule has 5 atom stereocenters. The van der Waals surface area contributed by atoms with Gasteiger partial charge in [-0.2, -0.15) is 0 Å². The highest BCUT2D eigenvalue weighted by molar-refractivity contribution is 6.44. The van der Waals surface area contributed by atoms with Gasteiger partial charge in [0.05, 0.1) is 12.7 Å². The van der Waals surface area contributed by atoms with E-state index in [1.807, 2.05) is 31.2 Å². The maximum atomic E-state index is 12.8. The van der Waals surface area contributed by atoms with Crippen molar-refractivity contribution in [3.63, 3.8) is 0 Å². The number of amides is 1. The van der Waals surface area contributed by atoms with Gasteiger partial charge < -0.3 is 24.2 Å². The van der Waals surface area contributed by atoms with Gasteiger partial charge in [-0.05, 0) is 82.2 Å². The van der Waals surface area contributed by atoms with Crippen LogP contribution in [-0.2, 0) is 34.9 Å². The summed E-state index contributed by atoms with van der Waals surface area (Å²) < 4.78 is 18.9. The molecule has 254 valence electrons. The lowest BCUT2D eigenvalue weighted by Crippen LogP contribution is -2.37. The standard InChI is InChI=1S/C35H53BN2O8/c1-3-5-25-36-45-32-27-33(46-36)31(30(32)18-12-6-7-13-19-34(39)37-4-2)24-23-29(22-21-28-16-10-8-11-17-28)44-35(40)20-14-9-15-26-43-38(41)42/h6,8,10-12,16-17,23-24,29-33H,3-5,7,9,13-15,18-22,25-27H2,1-2H3,(H,37,39)/b12-6-,24-23?/t29?,30-,31-,32+,33-/m1/s1. The molecule has 46 heavy (non-hydrogen) atoms. The topological polar surface area (TPSA) is 126 Å². The molecular formula is C35H53BN2O8. The van der Waals surface area contributed by atoms with Crippen LogP contribution in [0.2, 0.25) is 6.32 Å². The highest BCUT2D eigenvalue weighted by Crippen LogP contribution is 2.44. The predicted octanol–water partition coefficient (Wildman–Crippen LogP) is 6.82. The van der Waals surface area contributed by atoms with Gasteiger partial charge >= 0.3 is 13.1 Å². The van der Waals surface area contributed by atoms with Crippen molar-refractivity contribution in [2.45, 2.75) is 122 Å². The fourth-order valence-electron chi connectivity index (χ4n) is 6.24. The minimum atomic E-state index is -0.795. The van der Waals surface area contributed by atoms with Crippen LogP contribution in [0.25, 0.3) is 0 Å². The molecule has 1 amide bonds. The zero-order chi connectivity index (χ0) is 33.0. The van der Waals surface area contributed by atoms with Gasteiger partial charge in [0.15, 0.2) is 0 Å². The lowest BCUT2D eigenvalue weighted by molar-refractivity contribution is -0.757. The van der Waals surface area contributed by atoms with Crippen LogP contribution in [0.1, 0.15) is 96.5 Å². The highest BCUT2D eigenvalue weighted by Gasteiger charge is 2.49. The first-order valence-corrected chi connectivity index (χ1v) is 17.3. The zero-order valence-electron chi connectivity index (χ0n) is 27.7. The summed E-state index contributed by atoms with van der Waals surface area (Å²) in [5.41, 5.74) is 1.19. The first-order valence-electron chi connectivity index (χ1n) is 17.3. The van der Waals surface area contributed by atoms with Gasteiger partial charge in [-0.15, -0.1) is 10.1 Å². The molecule has 1 unspecified atom stereocenters. The summed E-state index contributed by atoms with van der Waals surface area (Å²) in [6.07, 6.45) is 18.8. The largest absolute Gasteiger partial charge is 0.458 e. The Morgan fingerprint density at radius 3 is 2.63 bits per heavy atom. The number of fused-ring (bicyclic) bond motifs is 2. The van der Waals surface area contributed by atoms with Crippen LogP contribution < -0.4 is 5.32 Å². The van der Waals surface area contributed by atoms with E-state index in [1.54, 1.807) is 0 Å². The van der Waals surface area contributed by atoms with E-state index in [0.717, 1.165) is 51.3 Å². The smallest absolute Gasteiger partial charge is 0.457 e. The number of carbonyl (C=O) groups excluding carboxylic acids is 2. The number of esters is 1. The van der Waals surface area contributed by atoms with E-state index in [1.165, 1.54) is 5.56 Å². The molecule has 1 saturated heterocycles. The quantitative estimate of drug-likeness (QED) is 0.0345. The Balaban J connectivity index is 1.64. The van der Waals surface area contributed by atoms with Gasteiger partial charge in [0, 0.05) is 31.4 Å². The predicted molar refractivity (Wildman–Crippen MR) is 178 cm³/mol. The minimum Gasteiger partial charge on any atom is -0.458 e. The number of ether oxygens (including phenoxy) is 1. The summed E-state index contributed by atoms with van der Waals surface area (Å²) in [5, 5.41) is 12.4. The van der Waals surface area contributed by atoms with Crippen molar-refractivity contribution in [2.24, 2.45) is 11.8 Å². The van der Waals surface area contributed by atoms with Crippen molar-refractivity contribution < 1.29 is 33.6 Å². The van der Waals surface area contributed by atoms with E-state index in [-0.39, 0.29) is 62.2 Å². The Morgan fingerprint density at radius 1 is 1.07 bits per heavy atom. The van der Waals surface area contributed by atoms with Gasteiger partial charge in [0.2, 0.25) is 5.91 Å². The molecule has 2 bridgehead atoms. The van der Waals surface area contributed by atoms with Gasteiger partial charge in [-0.3, -0.25) is 9.59 Å². The number of benzene rings is 1. The molecule has 1 N–H and O–H groups in total. The third-order valence-electron chi connectivity index (χ3n) is 8.65. The fourth-order valence-corrected chi connectivity index (χ4v) is 6.24. The monoisotopic (exact) mass is 640 g/mol. The van der Waals surface area contributed by atoms with E-state index in [4.69, 9.17) is 14.0 Å². The van der Waals surface area contributed by atoms with Crippen molar-refractivity contribution in [3.05, 3.63) is 70.3 Å². The second kappa shape index (κ2) is 21.6. The fraction of sp³-hybridized carbons (Fsp3) is 0.657. The summed E-state index contributed by atoms with van der Waals surface area (Å²) in [6.45, 7) is 4.79. The van der Waals surface area contributed by atoms with Gasteiger partial charge in [0.1, 0.15) is 6.10 Å². The van der Waals surface area contributed by atoms with Gasteiger partial charge in [-0.25, -0.2) is 0 Å². The van der Waals surface area contributed by atoms with Crippen molar-refractivity contribution in [1.82, 2.24) is 5.32 Å². The minimum absolute atomic E-state index is 0.0333. The van der Waals surface area contributed by atoms with E-state index in [0.29, 0.717) is 38.6 Å². The molecule has 1 saturated carbocycles. The number of nitrogens with one attached hydrogen (secondary N) is 1. The van der Waals surface area contributed by atoms with Gasteiger partial charge in [-0.1, -0.05) is 74.7 Å². The Kier molecular flexibility index (Phi) is 17.5. The number of aryl methyl sites for hydroxylation is 1. The maximum Gasteiger partial charge on any atom is 0.457 e. The van der Waals surface area contributed by atoms with Crippen LogP contribution in [0.3, 0.4) is 0 Å². The van der Waals surface area contributed by atoms with Crippen molar-refractivity contribution >= 4 is 19.0 Å². The van der Waals surface area contributed by atoms with Crippen molar-refractivity contribution in [3.8, 4) is 0 Å². The summed E-state index contributed by atoms with van der Waals surface area (Å²) in [5.74, 6) is 0.212. The summed E-state index contributed by atoms with van der Waals surface area (Å²) in [7, 11) is -0.187. The van der Waals surface area contributed by atoms with Crippen LogP contribution in [0.15, 0.2) is 54.6 Å². The van der Waals surface area contributed by atoms with Crippen LogP contribution in [0.4, 0.5) is 0 Å². The molecule has 2 aliphatic rings. The molecule has 1 heterocycles. The number of allylic oxidation sites excluding steroid dienone is 2. The molecule has 3 rings (SSSR count). The molecule has 1 aliphatic carbocycles. The summed E-state index contributed by atoms with van der Waals surface area (Å²) in [6, 6.07) is 10.2. The Labute approximate surface area is 274 Å². The zero-order valence-corrected chi connectivity index (χ0v) is 27.7. The molecule has 0 radical (unpaired) electrons. The Hall–Kier alpha value is -3.18. The third kappa shape index (κ3) is 14.1. The third-order valence-corrected chi connectivity index (χ3v) is 8.65. The SMILES string of the molecule is CCCCB1O[C@H]2C[C@@H](O1)[C@H](C=CC(CCc1ccccc1)OC(=O)CCCCCO[N+](=O)[O-])[C@H]2C/C=C\CCCC(=O)NCC. The molecule has 1 aromatic carbocycles. The Bertz CT molecular complexity index is 1100. The maximum absolute atomic E-state index is 12.8. The van der Waals surface area contributed by atoms with E-state index in [9.17, 15) is 19.7 Å². The number of nitrogens with zero attached hydrogens (tertiary/aromatic N) is 1. The second-order valence-electron chi connectivity index (χ2n) is 12.3. The number of rotatable bonds is 23. The first kappa shape index (κ1) is 37.3. The van der Waals surface area contributed by atoms with Crippen molar-refractivity contribution in [2.75, 3.05) is 13.2 Å². The van der Waals surface area contributed by atoms with E-state index in [2.05, 4.69) is 47.4 Å². The molecule has 11 heteroatoms. The number of carbonyl (C=O) groups is 2. The van der Waals surface area contributed by atoms with Crippen molar-refractivity contribution in [1.29, 1.82) is 0 Å². The van der Waals surface area contributed by atoms with Crippen LogP contribution in [0, 0.1) is 22.0 Å². The lowest BCUT2D eigenvalue weighted by atomic mass is 9.80. The van der Waals surface area contributed by atoms with E-state index < -0.39 is 5.09 Å². The van der Waals surface area contributed by atoms with Crippen LogP contribution in [-0.4, -0.2) is 55.5 Å². The average molecular weight is 641 g/mol. The van der Waals surface area contributed by atoms with E-state index >= 15 is 0 Å². The lowest BCUT2D eigenvalue weighted by Gasteiger charge is -2.27. The van der Waals surface area contributed by atoms with Gasteiger partial charge in [0.25, 0.3) is 5.09 Å². The molecule has 1 aromatic rings. The molecule has 10 nitrogen and oxygen atoms in total. The molecular weight excluding hydrogens is 587 g/mol. The summed E-state index contributed by atoms with van der Waals surface area (Å²) in [4.78, 5) is 39.3. The number of unbranched alkanes of at least 4 members (excludes halogenated alkanes) is 4. The number of hydrogen-bond donors (Lipinski definition) is 1. The first-order chi connectivity index (χ1) is 22.4. The molecule has 2 fully saturated rings. The highest BCUT2D eigenvalue weighted by atomic mass is 16.9. The molecule has 0 spiro atoms. The molecule has 1 aliphatic heterocycles. The number of hydrogen-bond acceptors (Lipinski definition) is 8.